The summed E-state index contributed by atoms with van der Waals surface area (Å²) in [5.74, 6) is -3.88. The van der Waals surface area contributed by atoms with Crippen molar-refractivity contribution < 1.29 is 49.1 Å². The van der Waals surface area contributed by atoms with Crippen LogP contribution in [0.3, 0.4) is 0 Å². The van der Waals surface area contributed by atoms with Gasteiger partial charge in [0.05, 0.1) is 6.20 Å². The Morgan fingerprint density at radius 2 is 1.95 bits per heavy atom. The number of nitrogen functional groups attached to an aromatic ring is 1. The minimum atomic E-state index is -1.36. The van der Waals surface area contributed by atoms with E-state index in [1.807, 2.05) is 0 Å². The maximum atomic E-state index is 13.6. The molecule has 3 atom stereocenters. The summed E-state index contributed by atoms with van der Waals surface area (Å²) in [4.78, 5) is 79.1. The number of halogens is 1. The first-order valence-electron chi connectivity index (χ1n) is 17.5. The Labute approximate surface area is 341 Å². The van der Waals surface area contributed by atoms with Gasteiger partial charge < -0.3 is 58.1 Å². The fourth-order valence-electron chi connectivity index (χ4n) is 5.83. The number of aromatic nitrogens is 4. The van der Waals surface area contributed by atoms with E-state index in [1.54, 1.807) is 17.7 Å². The molecule has 5 heterocycles. The number of thioether (sulfide) groups is 1. The normalized spacial score (nSPS) is 17.8. The average Bonchev–Trinajstić information content (AvgIpc) is 3.98. The van der Waals surface area contributed by atoms with E-state index in [0.717, 1.165) is 40.7 Å². The first-order valence-corrected chi connectivity index (χ1v) is 19.7. The molecule has 12 N–H and O–H groups in total. The quantitative estimate of drug-likeness (QED) is 0.0156. The van der Waals surface area contributed by atoms with E-state index in [-0.39, 0.29) is 64.2 Å². The van der Waals surface area contributed by atoms with Crippen LogP contribution < -0.4 is 42.7 Å². The van der Waals surface area contributed by atoms with Crippen LogP contribution in [0.4, 0.5) is 16.6 Å². The van der Waals surface area contributed by atoms with Gasteiger partial charge >= 0.3 is 5.97 Å². The lowest BCUT2D eigenvalue weighted by atomic mass is 10.0. The van der Waals surface area contributed by atoms with E-state index in [9.17, 15) is 44.5 Å². The first-order chi connectivity index (χ1) is 27.7. The number of rotatable bonds is 17. The van der Waals surface area contributed by atoms with Crippen molar-refractivity contribution in [2.75, 3.05) is 48.3 Å². The zero-order chi connectivity index (χ0) is 41.8. The number of oxime groups is 1. The van der Waals surface area contributed by atoms with Gasteiger partial charge in [-0.1, -0.05) is 28.1 Å². The van der Waals surface area contributed by atoms with Crippen molar-refractivity contribution in [1.29, 1.82) is 0 Å². The standard InChI is InChI=1S/C33H37ClN12O10S2/c1-14(25(49)15-2-3-15)56-43-22(21-26(34)58-33(36)42-21)29(51)41-23-30(52)46-24(32(53)54)16(12-57-31(23)46)9-44-10-17(27(40-13-44)38-5-4-35)37-6-7-39-28(50)18-8-19(47)20(48)11-45(18)55/h8,10-11,13-14,23,31,37,55H,2-7,9,12,35H2,1H3,(H7,36,39,41,42,48,49,50,51,53,54)/p+1/b43-22-/t14-,23+,31?/m0/s1. The lowest BCUT2D eigenvalue weighted by molar-refractivity contribution is -0.691. The number of nitrogens with two attached hydrogens (primary N) is 2. The maximum absolute atomic E-state index is 13.6. The van der Waals surface area contributed by atoms with Crippen LogP contribution in [0.2, 0.25) is 4.34 Å². The Hall–Kier alpha value is -6.11. The molecule has 25 heteroatoms. The number of hydrogen-bond acceptors (Lipinski definition) is 18. The number of nitrogens with one attached hydrogen (secondary N) is 4. The van der Waals surface area contributed by atoms with Crippen molar-refractivity contribution in [2.24, 2.45) is 10.9 Å². The van der Waals surface area contributed by atoms with Gasteiger partial charge in [0.15, 0.2) is 22.7 Å². The predicted molar refractivity (Wildman–Crippen MR) is 210 cm³/mol. The molecule has 22 nitrogen and oxygen atoms in total. The number of anilines is 3. The van der Waals surface area contributed by atoms with E-state index in [4.69, 9.17) is 27.9 Å². The highest BCUT2D eigenvalue weighted by atomic mass is 35.5. The number of hydrogen-bond donors (Lipinski definition) is 10. The van der Waals surface area contributed by atoms with Gasteiger partial charge in [-0.25, -0.2) is 14.3 Å². The summed E-state index contributed by atoms with van der Waals surface area (Å²) < 4.78 is 1.96. The van der Waals surface area contributed by atoms with Crippen molar-refractivity contribution in [3.63, 3.8) is 0 Å². The number of aliphatic hydroxyl groups excluding tert-OH is 1. The molecule has 1 saturated carbocycles. The van der Waals surface area contributed by atoms with E-state index in [0.29, 0.717) is 34.6 Å². The van der Waals surface area contributed by atoms with Crippen molar-refractivity contribution in [3.8, 4) is 5.75 Å². The van der Waals surface area contributed by atoms with Crippen molar-refractivity contribution in [3.05, 3.63) is 73.3 Å². The van der Waals surface area contributed by atoms with Crippen molar-refractivity contribution in [1.82, 2.24) is 30.2 Å². The third kappa shape index (κ3) is 9.03. The number of nitrogens with zero attached hydrogens (tertiary/aromatic N) is 6. The van der Waals surface area contributed by atoms with E-state index in [2.05, 4.69) is 36.4 Å². The summed E-state index contributed by atoms with van der Waals surface area (Å²) in [7, 11) is 0. The number of carbonyl (C=O) groups is 4. The zero-order valence-electron chi connectivity index (χ0n) is 30.5. The summed E-state index contributed by atoms with van der Waals surface area (Å²) in [6.07, 6.45) is 4.36. The van der Waals surface area contributed by atoms with Gasteiger partial charge in [-0.3, -0.25) is 24.1 Å². The Bertz CT molecular complexity index is 2310. The van der Waals surface area contributed by atoms with Crippen LogP contribution in [0.5, 0.6) is 5.75 Å². The van der Waals surface area contributed by atoms with Crippen molar-refractivity contribution in [2.45, 2.75) is 43.8 Å². The second-order valence-corrected chi connectivity index (χ2v) is 15.7. The topological polar surface area (TPSA) is 326 Å². The molecular formula is C33H38ClN12O10S2+. The highest BCUT2D eigenvalue weighted by Crippen LogP contribution is 2.41. The molecule has 3 aromatic heterocycles. The van der Waals surface area contributed by atoms with Crippen LogP contribution in [0, 0.1) is 0 Å². The summed E-state index contributed by atoms with van der Waals surface area (Å²) in [5, 5.41) is 54.5. The first kappa shape index (κ1) is 41.5. The number of amides is 3. The third-order valence-electron chi connectivity index (χ3n) is 8.79. The number of β-lactam (4-membered cyclic amide) rings is 1. The van der Waals surface area contributed by atoms with Crippen LogP contribution in [0.1, 0.15) is 35.9 Å². The molecule has 308 valence electrons. The predicted octanol–water partition coefficient (Wildman–Crippen LogP) is -0.468. The summed E-state index contributed by atoms with van der Waals surface area (Å²) in [5.41, 5.74) is 11.1. The molecule has 3 aliphatic rings. The minimum absolute atomic E-state index is 0.00305. The van der Waals surface area contributed by atoms with E-state index in [1.165, 1.54) is 18.1 Å². The second kappa shape index (κ2) is 17.6. The van der Waals surface area contributed by atoms with Crippen molar-refractivity contribution >= 4 is 80.7 Å². The highest BCUT2D eigenvalue weighted by molar-refractivity contribution is 8.00. The minimum Gasteiger partial charge on any atom is -0.508 e. The number of carbonyl (C=O) groups excluding carboxylic acids is 3. The Morgan fingerprint density at radius 3 is 2.62 bits per heavy atom. The number of carboxylic acids is 1. The number of pyridine rings is 1. The SMILES string of the molecule is C[C@H](O/N=C(\C(=O)N[C@@H]1C(=O)N2C(C(=O)O)=C(C[n+]3cnc(NCCN)c(NCCNC(=O)c4cc(=O)c(O)cn4O)c3)CSC12)c1nc(N)sc1Cl)C(O)=C1CC1. The summed E-state index contributed by atoms with van der Waals surface area (Å²) in [6, 6.07) is -0.361. The molecule has 1 aliphatic carbocycles. The Balaban J connectivity index is 1.15. The van der Waals surface area contributed by atoms with Gasteiger partial charge in [-0.2, -0.15) is 4.73 Å². The number of allylic oxidation sites excluding steroid dienone is 1. The number of carboxylic acid groups (broad SMARTS) is 1. The molecule has 3 amide bonds. The highest BCUT2D eigenvalue weighted by Gasteiger charge is 2.54. The molecule has 58 heavy (non-hydrogen) atoms. The second-order valence-electron chi connectivity index (χ2n) is 12.9. The van der Waals surface area contributed by atoms with Crippen LogP contribution >= 0.6 is 34.7 Å². The maximum Gasteiger partial charge on any atom is 0.352 e. The molecule has 2 aliphatic heterocycles. The molecule has 1 saturated heterocycles. The molecule has 0 bridgehead atoms. The van der Waals surface area contributed by atoms with Gasteiger partial charge in [0.25, 0.3) is 29.9 Å². The molecular weight excluding hydrogens is 824 g/mol. The molecule has 2 fully saturated rings. The summed E-state index contributed by atoms with van der Waals surface area (Å²) >= 11 is 8.42. The average molecular weight is 862 g/mol. The number of thiazole rings is 1. The lowest BCUT2D eigenvalue weighted by Crippen LogP contribution is -2.71. The van der Waals surface area contributed by atoms with E-state index >= 15 is 0 Å². The summed E-state index contributed by atoms with van der Waals surface area (Å²) in [6.45, 7) is 2.36. The van der Waals surface area contributed by atoms with Gasteiger partial charge in [0.1, 0.15) is 57.0 Å². The number of fused-ring (bicyclic) bond motifs is 1. The van der Waals surface area contributed by atoms with Crippen LogP contribution in [0.25, 0.3) is 0 Å². The van der Waals surface area contributed by atoms with Gasteiger partial charge in [-0.15, -0.1) is 11.8 Å². The van der Waals surface area contributed by atoms with E-state index < -0.39 is 58.1 Å². The van der Waals surface area contributed by atoms with Crippen LogP contribution in [0.15, 0.2) is 57.3 Å². The smallest absolute Gasteiger partial charge is 0.352 e. The monoisotopic (exact) mass is 861 g/mol. The third-order valence-corrected chi connectivity index (χ3v) is 11.2. The fraction of sp³-hybridized carbons (Fsp3) is 0.364. The Kier molecular flexibility index (Phi) is 12.6. The Morgan fingerprint density at radius 1 is 1.19 bits per heavy atom. The molecule has 1 unspecified atom stereocenters. The van der Waals surface area contributed by atoms with Gasteiger partial charge in [-0.05, 0) is 30.3 Å². The number of aromatic hydroxyl groups is 1. The van der Waals surface area contributed by atoms with Gasteiger partial charge in [0.2, 0.25) is 5.43 Å². The molecule has 0 radical (unpaired) electrons. The molecule has 0 aromatic carbocycles. The van der Waals surface area contributed by atoms with Crippen LogP contribution in [-0.4, -0.2) is 119 Å². The zero-order valence-corrected chi connectivity index (χ0v) is 32.9. The van der Waals surface area contributed by atoms with Gasteiger partial charge in [0, 0.05) is 43.6 Å². The molecule has 3 aromatic rings. The largest absolute Gasteiger partial charge is 0.508 e. The van der Waals surface area contributed by atoms with Crippen LogP contribution in [-0.2, 0) is 25.8 Å². The fourth-order valence-corrected chi connectivity index (χ4v) is 8.10. The number of aliphatic carboxylic acids is 1. The molecule has 6 rings (SSSR count). The molecule has 0 spiro atoms. The lowest BCUT2D eigenvalue weighted by Gasteiger charge is -2.49. The number of aliphatic hydroxyl groups is 1.